The number of esters is 6. The molecule has 10 rings (SSSR count). The molecule has 0 aromatic carbocycles. The molecule has 6 aromatic heterocycles. The Balaban J connectivity index is 1.47. The minimum absolute atomic E-state index is 0.00105. The number of hydrogen-bond acceptors (Lipinski definition) is 16. The smallest absolute Gasteiger partial charge is 0.340 e. The fourth-order valence-electron chi connectivity index (χ4n) is 14.9. The third kappa shape index (κ3) is 12.4. The Morgan fingerprint density at radius 1 is 0.406 bits per heavy atom. The quantitative estimate of drug-likeness (QED) is 0.0460. The molecule has 0 aliphatic carbocycles. The number of methoxy groups -OCH3 is 6. The SMILES string of the molecule is CCC1=C(C)c2cc3[nH]c(c(C)c3CC)c(/C=C/c3c4nc(c(CC(=O)OC)c5[nH]c(cc6nc(cc7[nH]c3c(C)c7CC)C(C)=C6CC)c(C)c5C(=O)OC)[C@@H](CCC(=O)OC)[C@@H]4C)c3nc(c(CC(=O)OC)c4[nH]c(cc1n2)c(C)c4C(=O)OC)[C@@H](CCC(=O)OC)[C@@H]3C. The van der Waals surface area contributed by atoms with Crippen LogP contribution < -0.4 is 0 Å². The summed E-state index contributed by atoms with van der Waals surface area (Å²) in [5, 5.41) is 0. The van der Waals surface area contributed by atoms with Crippen molar-refractivity contribution in [2.75, 3.05) is 42.7 Å². The zero-order valence-corrected chi connectivity index (χ0v) is 58.5. The van der Waals surface area contributed by atoms with E-state index in [4.69, 9.17) is 48.4 Å². The predicted molar refractivity (Wildman–Crippen MR) is 373 cm³/mol. The lowest BCUT2D eigenvalue weighted by Gasteiger charge is -2.19. The second-order valence-electron chi connectivity index (χ2n) is 25.2. The monoisotopic (exact) mass is 1300 g/mol. The van der Waals surface area contributed by atoms with Gasteiger partial charge in [-0.2, -0.15) is 0 Å². The summed E-state index contributed by atoms with van der Waals surface area (Å²) in [6.07, 6.45) is 6.56. The van der Waals surface area contributed by atoms with Crippen molar-refractivity contribution in [2.45, 2.75) is 171 Å². The molecule has 0 unspecified atom stereocenters. The Labute approximate surface area is 559 Å². The molecule has 0 saturated carbocycles. The highest BCUT2D eigenvalue weighted by Crippen LogP contribution is 2.48. The molecule has 4 aliphatic heterocycles. The summed E-state index contributed by atoms with van der Waals surface area (Å²) in [4.78, 5) is 121. The molecule has 4 N–H and O–H groups in total. The Morgan fingerprint density at radius 3 is 1.07 bits per heavy atom. The fourth-order valence-corrected chi connectivity index (χ4v) is 14.9. The number of carbonyl (C=O) groups is 6. The summed E-state index contributed by atoms with van der Waals surface area (Å²) < 4.78 is 32.5. The first-order valence-corrected chi connectivity index (χ1v) is 33.1. The summed E-state index contributed by atoms with van der Waals surface area (Å²) >= 11 is 0. The number of nitrogens with one attached hydrogen (secondary N) is 4. The van der Waals surface area contributed by atoms with Crippen LogP contribution in [0.25, 0.3) is 78.6 Å². The van der Waals surface area contributed by atoms with Gasteiger partial charge in [-0.1, -0.05) is 53.7 Å². The average molecular weight is 1310 g/mol. The molecule has 504 valence electrons. The van der Waals surface area contributed by atoms with E-state index in [1.165, 1.54) is 42.7 Å². The molecule has 0 fully saturated rings. The number of aryl methyl sites for hydroxylation is 6. The lowest BCUT2D eigenvalue weighted by Crippen LogP contribution is -2.13. The van der Waals surface area contributed by atoms with Gasteiger partial charge in [0, 0.05) is 80.8 Å². The van der Waals surface area contributed by atoms with Gasteiger partial charge in [-0.3, -0.25) is 29.1 Å². The number of nitrogens with zero attached hydrogens (tertiary/aromatic N) is 4. The summed E-state index contributed by atoms with van der Waals surface area (Å²) in [7, 11) is 7.95. The van der Waals surface area contributed by atoms with Crippen LogP contribution >= 0.6 is 0 Å². The van der Waals surface area contributed by atoms with Gasteiger partial charge in [0.25, 0.3) is 0 Å². The van der Waals surface area contributed by atoms with Gasteiger partial charge in [0.1, 0.15) is 0 Å². The van der Waals surface area contributed by atoms with Crippen molar-refractivity contribution in [2.24, 2.45) is 0 Å². The second kappa shape index (κ2) is 28.3. The van der Waals surface area contributed by atoms with Gasteiger partial charge in [-0.25, -0.2) is 19.6 Å². The first kappa shape index (κ1) is 69.1. The van der Waals surface area contributed by atoms with Gasteiger partial charge in [0.2, 0.25) is 0 Å². The molecule has 96 heavy (non-hydrogen) atoms. The van der Waals surface area contributed by atoms with Crippen LogP contribution in [0.4, 0.5) is 0 Å². The van der Waals surface area contributed by atoms with Crippen LogP contribution in [0, 0.1) is 27.7 Å². The zero-order chi connectivity index (χ0) is 69.5. The number of aromatic amines is 4. The zero-order valence-electron chi connectivity index (χ0n) is 58.5. The number of carbonyl (C=O) groups excluding carboxylic acids is 6. The Kier molecular flexibility index (Phi) is 20.4. The van der Waals surface area contributed by atoms with Crippen LogP contribution in [0.15, 0.2) is 24.3 Å². The van der Waals surface area contributed by atoms with Gasteiger partial charge in [-0.15, -0.1) is 0 Å². The first-order chi connectivity index (χ1) is 46.0. The third-order valence-corrected chi connectivity index (χ3v) is 20.3. The largest absolute Gasteiger partial charge is 0.469 e. The highest BCUT2D eigenvalue weighted by molar-refractivity contribution is 6.05. The number of fused-ring (bicyclic) bond motifs is 16. The molecule has 16 bridgehead atoms. The third-order valence-electron chi connectivity index (χ3n) is 20.3. The van der Waals surface area contributed by atoms with Crippen molar-refractivity contribution in [1.29, 1.82) is 0 Å². The predicted octanol–water partition coefficient (Wildman–Crippen LogP) is 14.8. The van der Waals surface area contributed by atoms with E-state index in [-0.39, 0.29) is 49.7 Å². The van der Waals surface area contributed by atoms with Crippen LogP contribution in [-0.2, 0) is 73.3 Å². The van der Waals surface area contributed by atoms with E-state index < -0.39 is 59.5 Å². The van der Waals surface area contributed by atoms with Crippen molar-refractivity contribution < 1.29 is 57.2 Å². The molecule has 4 atom stereocenters. The van der Waals surface area contributed by atoms with E-state index >= 15 is 0 Å². The minimum atomic E-state index is -0.634. The number of H-pyrrole nitrogens is 4. The van der Waals surface area contributed by atoms with Gasteiger partial charge in [0.05, 0.1) is 134 Å². The number of allylic oxidation sites excluding steroid dienone is 4. The number of rotatable bonds is 18. The van der Waals surface area contributed by atoms with Crippen LogP contribution in [0.2, 0.25) is 0 Å². The summed E-state index contributed by atoms with van der Waals surface area (Å²) in [6.45, 7) is 24.5. The van der Waals surface area contributed by atoms with E-state index in [1.54, 1.807) is 0 Å². The van der Waals surface area contributed by atoms with Crippen molar-refractivity contribution in [3.63, 3.8) is 0 Å². The normalized spacial score (nSPS) is 16.1. The molecule has 6 aromatic rings. The maximum absolute atomic E-state index is 14.3. The molecule has 0 saturated heterocycles. The molecule has 20 heteroatoms. The van der Waals surface area contributed by atoms with Crippen LogP contribution in [0.1, 0.15) is 239 Å². The second-order valence-corrected chi connectivity index (χ2v) is 25.2. The number of hydrogen-bond donors (Lipinski definition) is 4. The van der Waals surface area contributed by atoms with E-state index in [2.05, 4.69) is 113 Å². The Hall–Kier alpha value is -9.72. The highest BCUT2D eigenvalue weighted by Gasteiger charge is 2.38. The van der Waals surface area contributed by atoms with Gasteiger partial charge in [0.15, 0.2) is 0 Å². The lowest BCUT2D eigenvalue weighted by molar-refractivity contribution is -0.141. The fraction of sp³-hybridized carbons (Fsp3) is 0.421. The van der Waals surface area contributed by atoms with Crippen LogP contribution in [-0.4, -0.2) is 118 Å². The molecule has 20 nitrogen and oxygen atoms in total. The Morgan fingerprint density at radius 2 is 0.750 bits per heavy atom. The number of aromatic nitrogens is 8. The minimum Gasteiger partial charge on any atom is -0.469 e. The van der Waals surface area contributed by atoms with Gasteiger partial charge < -0.3 is 48.4 Å². The van der Waals surface area contributed by atoms with Crippen molar-refractivity contribution in [3.8, 4) is 0 Å². The van der Waals surface area contributed by atoms with E-state index in [1.807, 2.05) is 26.0 Å². The van der Waals surface area contributed by atoms with E-state index in [9.17, 15) is 28.8 Å². The Bertz CT molecular complexity index is 4410. The van der Waals surface area contributed by atoms with E-state index in [0.717, 1.165) is 78.0 Å². The average Bonchev–Trinajstić information content (AvgIpc) is 1.56. The molecule has 10 heterocycles. The van der Waals surface area contributed by atoms with Gasteiger partial charge in [-0.05, 0) is 160 Å². The van der Waals surface area contributed by atoms with Crippen LogP contribution in [0.3, 0.4) is 0 Å². The van der Waals surface area contributed by atoms with Crippen molar-refractivity contribution in [3.05, 3.63) is 137 Å². The topological polar surface area (TPSA) is 273 Å². The maximum Gasteiger partial charge on any atom is 0.340 e. The van der Waals surface area contributed by atoms with Gasteiger partial charge >= 0.3 is 35.8 Å². The first-order valence-electron chi connectivity index (χ1n) is 33.1. The summed E-state index contributed by atoms with van der Waals surface area (Å²) in [5.41, 5.74) is 21.8. The van der Waals surface area contributed by atoms with Crippen molar-refractivity contribution in [1.82, 2.24) is 39.9 Å². The van der Waals surface area contributed by atoms with Crippen LogP contribution in [0.5, 0.6) is 0 Å². The highest BCUT2D eigenvalue weighted by atomic mass is 16.5. The summed E-state index contributed by atoms with van der Waals surface area (Å²) in [5.74, 6) is -5.36. The van der Waals surface area contributed by atoms with E-state index in [0.29, 0.717) is 115 Å². The molecular formula is C76H88N8O12. The summed E-state index contributed by atoms with van der Waals surface area (Å²) in [6, 6.07) is 8.07. The molecule has 4 aliphatic rings. The molecule has 0 spiro atoms. The van der Waals surface area contributed by atoms with Crippen molar-refractivity contribution >= 4 is 114 Å². The lowest BCUT2D eigenvalue weighted by atomic mass is 9.83. The number of ether oxygens (including phenoxy) is 6. The molecule has 0 amide bonds. The maximum atomic E-state index is 14.3. The molecular weight excluding hydrogens is 1220 g/mol. The standard InChI is InChI=1S/C76H88N8O12/c1-19-43-35(5)53-31-59-45(21-3)37(7)67(81-59)49(69-39(9)47(25-27-61(85)91-13)71(83-69)51(29-63(87)93-15)73-65(75(89)95-17)41(11)55(79-73)33-57(43)77-53)23-24-50-68-38(8)46(22-4)60(82-68)32-54-36(6)44(20-2)58(78-54)34-56-42(12)66(76(90)96-18)74(80-56)52(30-64(88)94-16)72-48(26-28-62(86)92-14)40(10)70(50)84-72/h23-24,31-34,39-40,47-48,79-82H,19-22,25-30H2,1-18H3/b24-23+,53-31?,54-32?,55-33?,56-34?,57-33?,58-34?,59-31?,60-32?,67-49?,68-50?,69-49?,70-50?,71-51?,72-52?,73-51?,74-52?/t39-,40-,47-,48-/m0/s1. The molecule has 0 radical (unpaired) electrons.